The van der Waals surface area contributed by atoms with Gasteiger partial charge in [-0.2, -0.15) is 0 Å². The highest BCUT2D eigenvalue weighted by molar-refractivity contribution is 6.04. The molecule has 5 rings (SSSR count). The lowest BCUT2D eigenvalue weighted by molar-refractivity contribution is 0.0730. The Hall–Kier alpha value is -3.82. The van der Waals surface area contributed by atoms with Crippen molar-refractivity contribution in [3.05, 3.63) is 58.7 Å². The van der Waals surface area contributed by atoms with Gasteiger partial charge in [-0.1, -0.05) is 6.07 Å². The van der Waals surface area contributed by atoms with Gasteiger partial charge in [0.25, 0.3) is 5.91 Å². The summed E-state index contributed by atoms with van der Waals surface area (Å²) < 4.78 is 22.2. The second-order valence-corrected chi connectivity index (χ2v) is 9.26. The Morgan fingerprint density at radius 2 is 2.00 bits per heavy atom. The van der Waals surface area contributed by atoms with Crippen LogP contribution in [0.15, 0.2) is 30.3 Å². The van der Waals surface area contributed by atoms with Gasteiger partial charge in [-0.05, 0) is 69.0 Å². The van der Waals surface area contributed by atoms with Crippen molar-refractivity contribution in [2.45, 2.75) is 58.7 Å². The normalized spacial score (nSPS) is 16.7. The van der Waals surface area contributed by atoms with Crippen LogP contribution in [0.1, 0.15) is 60.5 Å². The van der Waals surface area contributed by atoms with Crippen LogP contribution in [-0.4, -0.2) is 49.3 Å². The Bertz CT molecular complexity index is 1300. The molecule has 2 aliphatic heterocycles. The van der Waals surface area contributed by atoms with Crippen molar-refractivity contribution in [1.29, 1.82) is 0 Å². The number of anilines is 1. The van der Waals surface area contributed by atoms with Gasteiger partial charge in [-0.3, -0.25) is 4.79 Å². The molecule has 2 aliphatic rings. The number of hydrogen-bond donors (Lipinski definition) is 1. The quantitative estimate of drug-likeness (QED) is 0.605. The summed E-state index contributed by atoms with van der Waals surface area (Å²) >= 11 is 0. The van der Waals surface area contributed by atoms with E-state index in [1.54, 1.807) is 30.9 Å². The maximum absolute atomic E-state index is 14.8. The molecule has 1 N–H and O–H groups in total. The number of halogens is 1. The molecule has 0 bridgehead atoms. The molecule has 182 valence electrons. The predicted octanol–water partition coefficient (Wildman–Crippen LogP) is 4.14. The number of fused-ring (bicyclic) bond motifs is 2. The summed E-state index contributed by atoms with van der Waals surface area (Å²) in [6.45, 7) is 6.37. The fraction of sp³-hybridized carbons (Fsp3) is 0.400. The molecule has 35 heavy (non-hydrogen) atoms. The van der Waals surface area contributed by atoms with Gasteiger partial charge in [0, 0.05) is 25.6 Å². The van der Waals surface area contributed by atoms with Crippen LogP contribution in [0.25, 0.3) is 11.5 Å². The molecule has 0 saturated heterocycles. The summed E-state index contributed by atoms with van der Waals surface area (Å²) in [7, 11) is 0. The maximum Gasteiger partial charge on any atom is 0.410 e. The summed E-state index contributed by atoms with van der Waals surface area (Å²) in [5, 5.41) is 11.2. The van der Waals surface area contributed by atoms with Crippen LogP contribution in [0.4, 0.5) is 15.0 Å². The lowest BCUT2D eigenvalue weighted by atomic mass is 9.97. The molecule has 0 fully saturated rings. The number of carbonyl (C=O) groups excluding carboxylic acids is 2. The molecule has 9 nitrogen and oxygen atoms in total. The minimum absolute atomic E-state index is 0.105. The molecule has 2 aromatic heterocycles. The lowest BCUT2D eigenvalue weighted by Crippen LogP contribution is -2.37. The Kier molecular flexibility index (Phi) is 5.96. The van der Waals surface area contributed by atoms with E-state index < -0.39 is 17.8 Å². The Balaban J connectivity index is 1.36. The lowest BCUT2D eigenvalue weighted by Gasteiger charge is -2.29. The molecule has 10 heteroatoms. The van der Waals surface area contributed by atoms with E-state index in [2.05, 4.69) is 32.0 Å². The minimum Gasteiger partial charge on any atom is -0.447 e. The van der Waals surface area contributed by atoms with Crippen LogP contribution in [-0.2, 0) is 24.1 Å². The van der Waals surface area contributed by atoms with E-state index in [-0.39, 0.29) is 30.1 Å². The van der Waals surface area contributed by atoms with Crippen LogP contribution >= 0.6 is 0 Å². The van der Waals surface area contributed by atoms with Crippen molar-refractivity contribution in [3.63, 3.8) is 0 Å². The number of nitrogens with zero attached hydrogens (tertiary/aromatic N) is 5. The van der Waals surface area contributed by atoms with Gasteiger partial charge >= 0.3 is 6.09 Å². The number of amides is 2. The fourth-order valence-electron chi connectivity index (χ4n) is 4.60. The number of ether oxygens (including phenoxy) is 1. The van der Waals surface area contributed by atoms with E-state index in [9.17, 15) is 14.0 Å². The molecular weight excluding hydrogens is 451 g/mol. The third kappa shape index (κ3) is 4.48. The van der Waals surface area contributed by atoms with Crippen molar-refractivity contribution in [2.24, 2.45) is 0 Å². The Morgan fingerprint density at radius 1 is 1.17 bits per heavy atom. The van der Waals surface area contributed by atoms with Crippen molar-refractivity contribution < 1.29 is 18.7 Å². The number of aromatic nitrogens is 4. The zero-order chi connectivity index (χ0) is 24.7. The van der Waals surface area contributed by atoms with E-state index >= 15 is 0 Å². The molecule has 3 aromatic rings. The van der Waals surface area contributed by atoms with Crippen molar-refractivity contribution in [1.82, 2.24) is 24.6 Å². The van der Waals surface area contributed by atoms with Gasteiger partial charge in [0.05, 0.1) is 11.7 Å². The van der Waals surface area contributed by atoms with Crippen LogP contribution < -0.4 is 5.32 Å². The maximum atomic E-state index is 14.8. The molecule has 4 heterocycles. The third-order valence-corrected chi connectivity index (χ3v) is 6.35. The van der Waals surface area contributed by atoms with Crippen LogP contribution in [0.2, 0.25) is 0 Å². The monoisotopic (exact) mass is 478 g/mol. The van der Waals surface area contributed by atoms with E-state index in [1.165, 1.54) is 12.1 Å². The zero-order valence-electron chi connectivity index (χ0n) is 19.9. The van der Waals surface area contributed by atoms with Gasteiger partial charge in [0.15, 0.2) is 5.82 Å². The van der Waals surface area contributed by atoms with E-state index in [0.29, 0.717) is 24.5 Å². The van der Waals surface area contributed by atoms with E-state index in [4.69, 9.17) is 4.74 Å². The van der Waals surface area contributed by atoms with Crippen LogP contribution in [0.3, 0.4) is 0 Å². The Labute approximate surface area is 202 Å². The number of aryl methyl sites for hydroxylation is 1. The molecular formula is C25H27FN6O3. The Morgan fingerprint density at radius 3 is 2.80 bits per heavy atom. The smallest absolute Gasteiger partial charge is 0.410 e. The summed E-state index contributed by atoms with van der Waals surface area (Å²) in [4.78, 5) is 31.4. The van der Waals surface area contributed by atoms with E-state index in [1.807, 2.05) is 6.07 Å². The summed E-state index contributed by atoms with van der Waals surface area (Å²) in [6.07, 6.45) is 1.71. The number of hydrogen-bond acceptors (Lipinski definition) is 6. The third-order valence-electron chi connectivity index (χ3n) is 6.35. The van der Waals surface area contributed by atoms with Crippen molar-refractivity contribution >= 4 is 17.8 Å². The molecule has 2 amide bonds. The predicted molar refractivity (Wildman–Crippen MR) is 126 cm³/mol. The molecule has 0 saturated carbocycles. The van der Waals surface area contributed by atoms with Gasteiger partial charge < -0.3 is 19.5 Å². The van der Waals surface area contributed by atoms with Gasteiger partial charge in [-0.15, -0.1) is 10.2 Å². The van der Waals surface area contributed by atoms with E-state index in [0.717, 1.165) is 29.8 Å². The number of nitrogens with one attached hydrogen (secondary N) is 1. The average Bonchev–Trinajstić information content (AvgIpc) is 3.41. The first-order chi connectivity index (χ1) is 16.8. The number of rotatable bonds is 4. The van der Waals surface area contributed by atoms with Crippen molar-refractivity contribution in [3.8, 4) is 11.5 Å². The molecule has 0 unspecified atom stereocenters. The minimum atomic E-state index is -0.614. The number of benzene rings is 1. The first-order valence-corrected chi connectivity index (χ1v) is 11.8. The first kappa shape index (κ1) is 22.9. The molecule has 0 spiro atoms. The molecule has 0 aliphatic carbocycles. The fourth-order valence-corrected chi connectivity index (χ4v) is 4.60. The van der Waals surface area contributed by atoms with Crippen molar-refractivity contribution in [2.75, 3.05) is 11.9 Å². The number of carbonyl (C=O) groups is 2. The highest BCUT2D eigenvalue weighted by Gasteiger charge is 2.27. The number of pyridine rings is 1. The standard InChI is InChI=1S/C25H27FN6O3/c1-14(2)35-25(34)31-10-9-16-12-19(26)18(11-17(16)13-31)24(33)28-21-6-4-5-20(27-21)23-30-29-22-8-7-15(3)32(22)23/h4-6,11-12,14-15H,7-10,13H2,1-3H3,(H,27,28,33)/t15-/m0/s1. The SMILES string of the molecule is CC(C)OC(=O)N1CCc2cc(F)c(C(=O)Nc3cccc(-c4nnc5n4[C@@H](C)CC5)n3)cc2C1. The van der Waals surface area contributed by atoms with Gasteiger partial charge in [0.1, 0.15) is 23.2 Å². The van der Waals surface area contributed by atoms with Crippen LogP contribution in [0, 0.1) is 5.82 Å². The van der Waals surface area contributed by atoms with Gasteiger partial charge in [-0.25, -0.2) is 14.2 Å². The average molecular weight is 479 g/mol. The summed E-state index contributed by atoms with van der Waals surface area (Å²) in [5.41, 5.74) is 1.98. The highest BCUT2D eigenvalue weighted by atomic mass is 19.1. The first-order valence-electron chi connectivity index (χ1n) is 11.8. The molecule has 0 radical (unpaired) electrons. The molecule has 1 aromatic carbocycles. The largest absolute Gasteiger partial charge is 0.447 e. The van der Waals surface area contributed by atoms with Crippen LogP contribution in [0.5, 0.6) is 0 Å². The summed E-state index contributed by atoms with van der Waals surface area (Å²) in [5.74, 6) is 0.631. The molecule has 1 atom stereocenters. The topological polar surface area (TPSA) is 102 Å². The van der Waals surface area contributed by atoms with Gasteiger partial charge in [0.2, 0.25) is 0 Å². The second kappa shape index (κ2) is 9.09. The summed E-state index contributed by atoms with van der Waals surface area (Å²) in [6, 6.07) is 8.37. The second-order valence-electron chi connectivity index (χ2n) is 9.26. The highest BCUT2D eigenvalue weighted by Crippen LogP contribution is 2.30. The zero-order valence-corrected chi connectivity index (χ0v) is 19.9.